The van der Waals surface area contributed by atoms with Crippen LogP contribution in [0, 0.1) is 5.92 Å². The Morgan fingerprint density at radius 3 is 2.59 bits per heavy atom. The van der Waals surface area contributed by atoms with Gasteiger partial charge in [0.2, 0.25) is 0 Å². The van der Waals surface area contributed by atoms with Crippen molar-refractivity contribution in [3.8, 4) is 0 Å². The molecule has 15 heteroatoms. The highest BCUT2D eigenvalue weighted by molar-refractivity contribution is 5.81. The summed E-state index contributed by atoms with van der Waals surface area (Å²) in [6, 6.07) is 5.67. The van der Waals surface area contributed by atoms with E-state index >= 15 is 0 Å². The molecule has 2 aliphatic heterocycles. The maximum absolute atomic E-state index is 11.1. The van der Waals surface area contributed by atoms with Crippen LogP contribution in [0.2, 0.25) is 0 Å². The van der Waals surface area contributed by atoms with Gasteiger partial charge in [-0.3, -0.25) is 9.47 Å². The molecule has 8 N–H and O–H groups in total. The smallest absolute Gasteiger partial charge is 0.167 e. The van der Waals surface area contributed by atoms with E-state index in [1.807, 2.05) is 12.1 Å². The number of aliphatic hydroxyl groups excluding tert-OH is 5. The normalized spacial score (nSPS) is 29.3. The third kappa shape index (κ3) is 4.84. The monoisotopic (exact) mass is 610 g/mol. The van der Waals surface area contributed by atoms with Gasteiger partial charge in [0.05, 0.1) is 49.2 Å². The van der Waals surface area contributed by atoms with Gasteiger partial charge in [0.15, 0.2) is 17.7 Å². The van der Waals surface area contributed by atoms with Gasteiger partial charge in [0.1, 0.15) is 42.2 Å². The quantitative estimate of drug-likeness (QED) is 0.117. The van der Waals surface area contributed by atoms with Gasteiger partial charge in [0.25, 0.3) is 0 Å². The van der Waals surface area contributed by atoms with Crippen LogP contribution in [0.25, 0.3) is 22.2 Å². The first-order valence-corrected chi connectivity index (χ1v) is 15.0. The number of aliphatic hydroxyl groups is 5. The van der Waals surface area contributed by atoms with Crippen LogP contribution in [0.3, 0.4) is 0 Å². The first kappa shape index (κ1) is 29.4. The predicted octanol–water partition coefficient (Wildman–Crippen LogP) is -0.812. The third-order valence-corrected chi connectivity index (χ3v) is 9.72. The minimum Gasteiger partial charge on any atom is -0.395 e. The number of aromatic amines is 1. The van der Waals surface area contributed by atoms with Crippen molar-refractivity contribution in [2.75, 3.05) is 38.7 Å². The molecule has 0 bridgehead atoms. The molecule has 1 aromatic carbocycles. The van der Waals surface area contributed by atoms with E-state index in [1.54, 1.807) is 10.6 Å². The molecule has 236 valence electrons. The molecule has 0 amide bonds. The van der Waals surface area contributed by atoms with Crippen LogP contribution >= 0.6 is 0 Å². The van der Waals surface area contributed by atoms with Crippen LogP contribution in [-0.4, -0.2) is 123 Å². The second-order valence-electron chi connectivity index (χ2n) is 12.3. The van der Waals surface area contributed by atoms with Crippen molar-refractivity contribution in [2.45, 2.75) is 67.9 Å². The number of nitrogens with zero attached hydrogens (tertiary/aromatic N) is 6. The molecule has 0 spiro atoms. The highest BCUT2D eigenvalue weighted by Gasteiger charge is 2.53. The Morgan fingerprint density at radius 2 is 1.84 bits per heavy atom. The number of nitrogens with one attached hydrogen (secondary N) is 1. The predicted molar refractivity (Wildman–Crippen MR) is 156 cm³/mol. The Bertz CT molecular complexity index is 1610. The Hall–Kier alpha value is -3.28. The SMILES string of the molecule is Nc1ncnc2c1ncn2[C@@H]1O[C@@H]2CN(C3CC(CCc4nc5ccc(C(CO)(CO)CO)cc5[nH]4)C3)C(CO)O[C@H]2[C@H]1O. The van der Waals surface area contributed by atoms with Crippen molar-refractivity contribution in [1.29, 1.82) is 0 Å². The number of hydrogen-bond donors (Lipinski definition) is 7. The maximum Gasteiger partial charge on any atom is 0.167 e. The number of aromatic nitrogens is 6. The second-order valence-corrected chi connectivity index (χ2v) is 12.3. The molecule has 1 unspecified atom stereocenters. The standard InChI is InChI=1S/C29H38N8O7/c30-26-23-27(32-13-31-26)37(14-33-23)28-24(42)25-20(43-28)8-36(22(9-38)44-25)17-5-15(6-17)1-4-21-34-18-3-2-16(7-19(18)35-21)29(10-39,11-40)12-41/h2-3,7,13-15,17,20,22,24-25,28,38-42H,1,4-6,8-12H2,(H,34,35)(H2,30,31,32)/t15?,17?,20-,22?,24-,25-,28-/m1/s1. The highest BCUT2D eigenvalue weighted by Crippen LogP contribution is 2.42. The van der Waals surface area contributed by atoms with Gasteiger partial charge in [0, 0.05) is 19.0 Å². The molecule has 4 aromatic rings. The molecule has 5 heterocycles. The fourth-order valence-corrected chi connectivity index (χ4v) is 6.92. The van der Waals surface area contributed by atoms with Gasteiger partial charge in [-0.2, -0.15) is 0 Å². The van der Waals surface area contributed by atoms with E-state index in [0.29, 0.717) is 29.2 Å². The minimum atomic E-state index is -1.11. The number of ether oxygens (including phenoxy) is 2. The molecule has 3 fully saturated rings. The summed E-state index contributed by atoms with van der Waals surface area (Å²) < 4.78 is 14.2. The van der Waals surface area contributed by atoms with E-state index in [1.165, 1.54) is 12.7 Å². The number of fused-ring (bicyclic) bond motifs is 3. The molecule has 1 saturated carbocycles. The molecule has 3 aliphatic rings. The number of nitrogen functional groups attached to an aromatic ring is 1. The molecule has 5 atom stereocenters. The summed E-state index contributed by atoms with van der Waals surface area (Å²) in [6.07, 6.45) is 3.21. The van der Waals surface area contributed by atoms with E-state index in [0.717, 1.165) is 42.5 Å². The largest absolute Gasteiger partial charge is 0.395 e. The first-order valence-electron chi connectivity index (χ1n) is 15.0. The number of rotatable bonds is 10. The number of nitrogens with two attached hydrogens (primary N) is 1. The summed E-state index contributed by atoms with van der Waals surface area (Å²) in [7, 11) is 0. The average molecular weight is 611 g/mol. The van der Waals surface area contributed by atoms with Gasteiger partial charge in [-0.05, 0) is 42.9 Å². The van der Waals surface area contributed by atoms with E-state index in [9.17, 15) is 25.5 Å². The Labute approximate surface area is 252 Å². The molecule has 0 radical (unpaired) electrons. The van der Waals surface area contributed by atoms with Gasteiger partial charge < -0.3 is 45.7 Å². The number of H-pyrrole nitrogens is 1. The summed E-state index contributed by atoms with van der Waals surface area (Å²) in [6.45, 7) is -0.764. The van der Waals surface area contributed by atoms with E-state index in [2.05, 4.69) is 24.8 Å². The Balaban J connectivity index is 0.969. The minimum absolute atomic E-state index is 0.190. The van der Waals surface area contributed by atoms with Crippen molar-refractivity contribution in [1.82, 2.24) is 34.4 Å². The van der Waals surface area contributed by atoms with Crippen LogP contribution in [0.4, 0.5) is 5.82 Å². The number of aryl methyl sites for hydroxylation is 1. The first-order chi connectivity index (χ1) is 21.4. The molecule has 7 rings (SSSR count). The van der Waals surface area contributed by atoms with E-state index in [-0.39, 0.29) is 38.3 Å². The maximum atomic E-state index is 11.1. The number of benzene rings is 1. The molecule has 44 heavy (non-hydrogen) atoms. The fraction of sp³-hybridized carbons (Fsp3) is 0.586. The van der Waals surface area contributed by atoms with Gasteiger partial charge in [-0.15, -0.1) is 0 Å². The lowest BCUT2D eigenvalue weighted by Crippen LogP contribution is -2.61. The average Bonchev–Trinajstić information content (AvgIpc) is 3.72. The number of hydrogen-bond acceptors (Lipinski definition) is 13. The Morgan fingerprint density at radius 1 is 1.05 bits per heavy atom. The zero-order valence-electron chi connectivity index (χ0n) is 24.1. The number of anilines is 1. The lowest BCUT2D eigenvalue weighted by molar-refractivity contribution is -0.217. The van der Waals surface area contributed by atoms with Crippen LogP contribution in [0.5, 0.6) is 0 Å². The van der Waals surface area contributed by atoms with Crippen LogP contribution in [0.15, 0.2) is 30.9 Å². The van der Waals surface area contributed by atoms with E-state index in [4.69, 9.17) is 20.2 Å². The lowest BCUT2D eigenvalue weighted by Gasteiger charge is -2.50. The van der Waals surface area contributed by atoms with Crippen molar-refractivity contribution in [3.05, 3.63) is 42.2 Å². The molecular formula is C29H38N8O7. The van der Waals surface area contributed by atoms with Crippen LogP contribution < -0.4 is 5.73 Å². The van der Waals surface area contributed by atoms with Crippen molar-refractivity contribution >= 4 is 28.0 Å². The highest BCUT2D eigenvalue weighted by atomic mass is 16.6. The van der Waals surface area contributed by atoms with Gasteiger partial charge in [-0.1, -0.05) is 6.07 Å². The van der Waals surface area contributed by atoms with Crippen molar-refractivity contribution < 1.29 is 35.0 Å². The second kappa shape index (κ2) is 11.6. The van der Waals surface area contributed by atoms with Gasteiger partial charge >= 0.3 is 0 Å². The van der Waals surface area contributed by atoms with Crippen LogP contribution in [0.1, 0.15) is 36.9 Å². The topological polar surface area (TPSA) is 221 Å². The summed E-state index contributed by atoms with van der Waals surface area (Å²) in [5.41, 5.74) is 7.97. The molecule has 1 aliphatic carbocycles. The van der Waals surface area contributed by atoms with Crippen molar-refractivity contribution in [3.63, 3.8) is 0 Å². The third-order valence-electron chi connectivity index (χ3n) is 9.72. The van der Waals surface area contributed by atoms with E-state index < -0.39 is 36.2 Å². The summed E-state index contributed by atoms with van der Waals surface area (Å²) in [5, 5.41) is 50.7. The molecule has 3 aromatic heterocycles. The lowest BCUT2D eigenvalue weighted by atomic mass is 9.76. The van der Waals surface area contributed by atoms with Crippen molar-refractivity contribution in [2.24, 2.45) is 5.92 Å². The zero-order valence-corrected chi connectivity index (χ0v) is 24.1. The summed E-state index contributed by atoms with van der Waals surface area (Å²) in [4.78, 5) is 22.7. The summed E-state index contributed by atoms with van der Waals surface area (Å²) in [5.74, 6) is 1.59. The van der Waals surface area contributed by atoms with Crippen LogP contribution in [-0.2, 0) is 21.3 Å². The molecule has 2 saturated heterocycles. The molecular weight excluding hydrogens is 572 g/mol. The van der Waals surface area contributed by atoms with Gasteiger partial charge in [-0.25, -0.2) is 19.9 Å². The Kier molecular flexibility index (Phi) is 7.74. The summed E-state index contributed by atoms with van der Waals surface area (Å²) >= 11 is 0. The fourth-order valence-electron chi connectivity index (χ4n) is 6.92. The zero-order chi connectivity index (χ0) is 30.6. The number of imidazole rings is 2. The molecule has 15 nitrogen and oxygen atoms in total.